The van der Waals surface area contributed by atoms with Gasteiger partial charge in [0.05, 0.1) is 15.5 Å². The van der Waals surface area contributed by atoms with Crippen molar-refractivity contribution in [2.24, 2.45) is 11.7 Å². The fraction of sp³-hybridized carbons (Fsp3) is 0. The summed E-state index contributed by atoms with van der Waals surface area (Å²) in [5, 5.41) is 0. The summed E-state index contributed by atoms with van der Waals surface area (Å²) < 4.78 is 0. The third-order valence-electron chi connectivity index (χ3n) is 0.500. The van der Waals surface area contributed by atoms with E-state index < -0.39 is 0 Å². The highest BCUT2D eigenvalue weighted by molar-refractivity contribution is 7.37. The average Bonchev–Trinajstić information content (AvgIpc) is 1.72. The van der Waals surface area contributed by atoms with Gasteiger partial charge in [-0.3, -0.25) is 11.7 Å². The van der Waals surface area contributed by atoms with E-state index in [-0.39, 0.29) is 0 Å². The van der Waals surface area contributed by atoms with Gasteiger partial charge in [0.15, 0.2) is 0 Å². The zero-order chi connectivity index (χ0) is 5.41. The third kappa shape index (κ3) is 30.4. The van der Waals surface area contributed by atoms with E-state index in [1.165, 1.54) is 14.1 Å². The molecular weight excluding hydrogens is 71.3 g/mol. The summed E-state index contributed by atoms with van der Waals surface area (Å²) in [5.74, 6) is 8.00. The quantitative estimate of drug-likeness (QED) is 0.191. The van der Waals surface area contributed by atoms with Crippen LogP contribution < -0.4 is 11.7 Å². The Morgan fingerprint density at radius 3 is 1.17 bits per heavy atom. The van der Waals surface area contributed by atoms with Gasteiger partial charge in [-0.15, -0.1) is 0 Å². The summed E-state index contributed by atoms with van der Waals surface area (Å²) in [5.41, 5.74) is 0. The van der Waals surface area contributed by atoms with Gasteiger partial charge in [-0.05, 0) is 0 Å². The molecule has 0 aromatic rings. The molecule has 0 rings (SSSR count). The first-order chi connectivity index (χ1) is 2.91. The summed E-state index contributed by atoms with van der Waals surface area (Å²) >= 11 is 0. The Morgan fingerprint density at radius 2 is 1.17 bits per heavy atom. The van der Waals surface area contributed by atoms with Crippen LogP contribution in [0.5, 0.6) is 0 Å². The lowest BCUT2D eigenvalue weighted by atomic mass is 9.19. The topological polar surface area (TPSA) is 52.0 Å². The smallest absolute Gasteiger partial charge is 0.0598 e. The minimum Gasteiger partial charge on any atom is -0.274 e. The molecule has 32 valence electrons. The van der Waals surface area contributed by atoms with E-state index in [1.54, 1.807) is 0 Å². The Bertz CT molecular complexity index is 7.51. The molecule has 0 unspecified atom stereocenters. The molecule has 4 N–H and O–H groups in total. The SMILES string of the molecule is BBBB.NN. The monoisotopic (exact) mass is 82.1 g/mol. The molecule has 0 aliphatic rings. The zero-order valence-electron chi connectivity index (χ0n) is 4.57. The highest BCUT2D eigenvalue weighted by Gasteiger charge is 1.67. The van der Waals surface area contributed by atoms with Crippen LogP contribution in [-0.4, -0.2) is 29.6 Å². The second-order valence-electron chi connectivity index (χ2n) is 1.000. The van der Waals surface area contributed by atoms with Crippen molar-refractivity contribution in [1.82, 2.24) is 0 Å². The van der Waals surface area contributed by atoms with E-state index in [1.807, 2.05) is 0 Å². The van der Waals surface area contributed by atoms with Gasteiger partial charge in [0.2, 0.25) is 0 Å². The number of nitrogens with two attached hydrogens (primary N) is 2. The maximum Gasteiger partial charge on any atom is 0.0598 e. The van der Waals surface area contributed by atoms with E-state index in [0.29, 0.717) is 0 Å². The van der Waals surface area contributed by atoms with Crippen molar-refractivity contribution in [2.75, 3.05) is 0 Å². The summed E-state index contributed by atoms with van der Waals surface area (Å²) in [6.45, 7) is 0. The molecule has 0 fully saturated rings. The van der Waals surface area contributed by atoms with E-state index >= 15 is 0 Å². The number of hydrogen-bond donors (Lipinski definition) is 2. The van der Waals surface area contributed by atoms with Crippen LogP contribution in [0.2, 0.25) is 0 Å². The first-order valence-corrected chi connectivity index (χ1v) is 2.25. The zero-order valence-corrected chi connectivity index (χ0v) is 4.57. The average molecular weight is 81.3 g/mol. The van der Waals surface area contributed by atoms with Crippen molar-refractivity contribution < 1.29 is 0 Å². The lowest BCUT2D eigenvalue weighted by molar-refractivity contribution is 1.26. The van der Waals surface area contributed by atoms with Crippen molar-refractivity contribution in [2.45, 2.75) is 0 Å². The van der Waals surface area contributed by atoms with Gasteiger partial charge < -0.3 is 0 Å². The van der Waals surface area contributed by atoms with Crippen molar-refractivity contribution in [1.29, 1.82) is 0 Å². The van der Waals surface area contributed by atoms with Gasteiger partial charge in [-0.2, -0.15) is 0 Å². The predicted molar refractivity (Wildman–Crippen MR) is 39.8 cm³/mol. The molecule has 0 aliphatic carbocycles. The van der Waals surface area contributed by atoms with Gasteiger partial charge in [-0.25, -0.2) is 0 Å². The molecule has 0 atom stereocenters. The van der Waals surface area contributed by atoms with Crippen molar-refractivity contribution in [3.63, 3.8) is 0 Å². The summed E-state index contributed by atoms with van der Waals surface area (Å²) in [7, 11) is 7.00. The second-order valence-corrected chi connectivity index (χ2v) is 1.000. The number of rotatable bonds is 1. The van der Waals surface area contributed by atoms with Crippen LogP contribution >= 0.6 is 0 Å². The van der Waals surface area contributed by atoms with Crippen LogP contribution in [0.4, 0.5) is 0 Å². The molecule has 0 aromatic heterocycles. The fourth-order valence-corrected chi connectivity index (χ4v) is 0. The first-order valence-electron chi connectivity index (χ1n) is 2.25. The number of hydrazine groups is 1. The van der Waals surface area contributed by atoms with Crippen LogP contribution in [-0.2, 0) is 0 Å². The van der Waals surface area contributed by atoms with Crippen molar-refractivity contribution >= 4 is 29.6 Å². The van der Waals surface area contributed by atoms with E-state index in [2.05, 4.69) is 27.2 Å². The third-order valence-corrected chi connectivity index (χ3v) is 0.500. The van der Waals surface area contributed by atoms with Crippen LogP contribution in [0.15, 0.2) is 0 Å². The fourth-order valence-electron chi connectivity index (χ4n) is 0. The highest BCUT2D eigenvalue weighted by Crippen LogP contribution is 1.24. The van der Waals surface area contributed by atoms with E-state index in [0.717, 1.165) is 0 Å². The Morgan fingerprint density at radius 1 is 1.00 bits per heavy atom. The summed E-state index contributed by atoms with van der Waals surface area (Å²) in [4.78, 5) is 0. The molecular formula is H10B4N2. The van der Waals surface area contributed by atoms with Gasteiger partial charge in [0.1, 0.15) is 0 Å². The molecule has 0 aliphatic heterocycles. The van der Waals surface area contributed by atoms with Gasteiger partial charge in [0.25, 0.3) is 0 Å². The van der Waals surface area contributed by atoms with E-state index in [4.69, 9.17) is 0 Å². The van der Waals surface area contributed by atoms with Crippen LogP contribution in [0, 0.1) is 0 Å². The maximum atomic E-state index is 4.00. The first kappa shape index (κ1) is 9.49. The molecule has 0 radical (unpaired) electrons. The minimum atomic E-state index is 1.32. The molecule has 6 heteroatoms. The highest BCUT2D eigenvalue weighted by atomic mass is 15.0. The second kappa shape index (κ2) is 19.0. The Labute approximate surface area is 42.3 Å². The normalized spacial score (nSPS) is 4.33. The lowest BCUT2D eigenvalue weighted by Gasteiger charge is -1.57. The van der Waals surface area contributed by atoms with Gasteiger partial charge >= 0.3 is 0 Å². The van der Waals surface area contributed by atoms with E-state index in [9.17, 15) is 0 Å². The standard InChI is InChI=1S/B4H6.H4N2/c1-3-4-2;1-2/h3-4H,1-2H2;1-2H2. The molecule has 0 saturated heterocycles. The lowest BCUT2D eigenvalue weighted by Crippen LogP contribution is -2.02. The van der Waals surface area contributed by atoms with Crippen LogP contribution in [0.1, 0.15) is 0 Å². The predicted octanol–water partition coefficient (Wildman–Crippen LogP) is -4.31. The molecule has 0 amide bonds. The van der Waals surface area contributed by atoms with Crippen molar-refractivity contribution in [3.05, 3.63) is 0 Å². The largest absolute Gasteiger partial charge is 0.274 e. The molecule has 2 nitrogen and oxygen atoms in total. The van der Waals surface area contributed by atoms with Crippen molar-refractivity contribution in [3.8, 4) is 0 Å². The van der Waals surface area contributed by atoms with Crippen LogP contribution in [0.25, 0.3) is 0 Å². The molecule has 6 heavy (non-hydrogen) atoms. The molecule has 0 saturated carbocycles. The molecule has 0 bridgehead atoms. The van der Waals surface area contributed by atoms with Gasteiger partial charge in [0, 0.05) is 14.1 Å². The van der Waals surface area contributed by atoms with Gasteiger partial charge in [-0.1, -0.05) is 0 Å². The Kier molecular flexibility index (Phi) is 30.1. The molecule has 0 aromatic carbocycles. The molecule has 0 spiro atoms. The maximum absolute atomic E-state index is 4.00. The Hall–Kier alpha value is 0.180. The van der Waals surface area contributed by atoms with Crippen LogP contribution in [0.3, 0.4) is 0 Å². The number of hydrogen-bond acceptors (Lipinski definition) is 2. The minimum absolute atomic E-state index is 1.32. The Balaban J connectivity index is 0. The molecule has 0 heterocycles. The summed E-state index contributed by atoms with van der Waals surface area (Å²) in [6.07, 6.45) is 0. The summed E-state index contributed by atoms with van der Waals surface area (Å²) in [6, 6.07) is 0.